The van der Waals surface area contributed by atoms with Gasteiger partial charge in [-0.25, -0.2) is 18.8 Å². The Morgan fingerprint density at radius 1 is 0.632 bits per heavy atom. The van der Waals surface area contributed by atoms with Crippen molar-refractivity contribution in [1.29, 1.82) is 0 Å². The SMILES string of the molecule is COc1ccc(C[C@@H]2NC(=O)[C@H](Cc3ncc[nH]3)NC(=O)[C@H](CC(=O)O)NC(=O)[C@H](Cc3c[nH]c4ccc(F)cc34)NC(=O)[C@H](Cc3c[nH]c4ccc(F)cc34)NC(=O)[C@@H](C)NC(=O)[C@H](Cc3ccc(N=C(N)N)cc3)NC(=O)CCSCc3cccc(c3)CSCCNC(=O)[C@]3(C)CCCN3C2=O)cc1. The summed E-state index contributed by atoms with van der Waals surface area (Å²) in [4.78, 5) is 165. The number of nitrogens with two attached hydrogens (primary N) is 2. The molecule has 106 heavy (non-hydrogen) atoms. The summed E-state index contributed by atoms with van der Waals surface area (Å²) in [6.45, 7) is 3.40. The number of aliphatic carboxylic acids is 1. The van der Waals surface area contributed by atoms with E-state index >= 15 is 28.0 Å². The fraction of sp³-hybridized carbons (Fsp3) is 0.351. The third-order valence-electron chi connectivity index (χ3n) is 18.4. The molecule has 16 N–H and O–H groups in total. The number of hydrogen-bond donors (Lipinski definition) is 14. The Bertz CT molecular complexity index is 4540. The van der Waals surface area contributed by atoms with Crippen LogP contribution in [0.3, 0.4) is 0 Å². The fourth-order valence-electron chi connectivity index (χ4n) is 12.7. The summed E-state index contributed by atoms with van der Waals surface area (Å²) in [5.41, 5.74) is 14.8. The van der Waals surface area contributed by atoms with E-state index in [9.17, 15) is 33.9 Å². The zero-order valence-corrected chi connectivity index (χ0v) is 60.0. The zero-order valence-electron chi connectivity index (χ0n) is 58.4. The average molecular weight is 1490 g/mol. The number of methoxy groups -OCH3 is 1. The normalized spacial score (nSPS) is 22.1. The average Bonchev–Trinajstić information content (AvgIpc) is 1.59. The lowest BCUT2D eigenvalue weighted by molar-refractivity contribution is -0.146. The van der Waals surface area contributed by atoms with Crippen LogP contribution in [-0.4, -0.2) is 175 Å². The van der Waals surface area contributed by atoms with Crippen LogP contribution in [0, 0.1) is 11.6 Å². The second kappa shape index (κ2) is 35.9. The molecule has 10 rings (SSSR count). The van der Waals surface area contributed by atoms with Crippen LogP contribution in [0.4, 0.5) is 14.5 Å². The van der Waals surface area contributed by atoms with Crippen LogP contribution in [0.15, 0.2) is 139 Å². The molecule has 2 aliphatic rings. The minimum Gasteiger partial charge on any atom is -0.497 e. The first-order valence-electron chi connectivity index (χ1n) is 34.4. The van der Waals surface area contributed by atoms with Gasteiger partial charge in [0.05, 0.1) is 19.2 Å². The van der Waals surface area contributed by atoms with Crippen molar-refractivity contribution in [1.82, 2.24) is 67.4 Å². The standard InChI is InChI=1S/C74H84F2N16O12S2/c1-41-65(96)87-57(31-46-37-82-54-18-12-48(75)33-52(46)54)67(98)88-58(32-47-38-83-55-19-13-49(76)34-53(47)55)68(99)90-60(36-64(94)95)70(101)89-59(35-62-79-22-23-80-62)69(100)91-61(30-43-10-16-51(104-3)17-11-43)71(102)92-25-5-21-74(92,2)72(103)81-24-27-106-40-45-7-4-6-44(28-45)39-105-26-20-63(93)86-56(66(97)84-41)29-42-8-14-50(15-9-42)85-73(77)78/h4,6-19,22-23,28,33-34,37-38,41,56-61,82-83H,5,20-21,24-27,29-32,35-36,39-40H2,1-3H3,(H,79,80)(H,81,103)(H,84,97)(H,86,93)(H,87,96)(H,88,98)(H,89,101)(H,90,99)(H,91,100)(H,94,95)(H4,77,78,85)/t41-,56+,57+,58+,59+,60+,61+,74+/m1/s1. The third kappa shape index (κ3) is 20.8. The summed E-state index contributed by atoms with van der Waals surface area (Å²) in [6, 6.07) is 17.6. The number of nitrogens with zero attached hydrogens (tertiary/aromatic N) is 3. The lowest BCUT2D eigenvalue weighted by atomic mass is 9.95. The van der Waals surface area contributed by atoms with E-state index in [1.54, 1.807) is 67.2 Å². The minimum absolute atomic E-state index is 0.00783. The van der Waals surface area contributed by atoms with E-state index in [4.69, 9.17) is 16.2 Å². The Labute approximate surface area is 616 Å². The third-order valence-corrected chi connectivity index (χ3v) is 20.4. The second-order valence-corrected chi connectivity index (χ2v) is 28.4. The van der Waals surface area contributed by atoms with Gasteiger partial charge in [-0.2, -0.15) is 23.5 Å². The number of aromatic nitrogens is 4. The van der Waals surface area contributed by atoms with Gasteiger partial charge >= 0.3 is 5.97 Å². The summed E-state index contributed by atoms with van der Waals surface area (Å²) >= 11 is 3.08. The van der Waals surface area contributed by atoms with E-state index in [-0.39, 0.29) is 67.9 Å². The van der Waals surface area contributed by atoms with Crippen molar-refractivity contribution in [2.24, 2.45) is 16.5 Å². The van der Waals surface area contributed by atoms with Crippen LogP contribution in [0.2, 0.25) is 0 Å². The molecule has 0 aliphatic carbocycles. The van der Waals surface area contributed by atoms with Gasteiger partial charge in [0.1, 0.15) is 71.0 Å². The van der Waals surface area contributed by atoms with E-state index in [0.717, 1.165) is 11.1 Å². The number of halogens is 2. The first-order valence-corrected chi connectivity index (χ1v) is 36.7. The molecule has 5 heterocycles. The molecular formula is C74H84F2N16O12S2. The van der Waals surface area contributed by atoms with Gasteiger partial charge in [0.2, 0.25) is 53.2 Å². The van der Waals surface area contributed by atoms with Gasteiger partial charge in [-0.05, 0) is 121 Å². The molecule has 1 saturated heterocycles. The van der Waals surface area contributed by atoms with E-state index in [0.29, 0.717) is 74.0 Å². The summed E-state index contributed by atoms with van der Waals surface area (Å²) in [5.74, 6) is -8.07. The molecule has 1 fully saturated rings. The Morgan fingerprint density at radius 3 is 1.74 bits per heavy atom. The maximum absolute atomic E-state index is 15.3. The Kier molecular flexibility index (Phi) is 26.2. The van der Waals surface area contributed by atoms with Crippen molar-refractivity contribution in [3.63, 3.8) is 0 Å². The number of rotatable bonds is 14. The molecule has 32 heteroatoms. The van der Waals surface area contributed by atoms with Crippen molar-refractivity contribution < 1.29 is 66.6 Å². The molecule has 2 aliphatic heterocycles. The van der Waals surface area contributed by atoms with E-state index < -0.39 is 138 Å². The second-order valence-electron chi connectivity index (χ2n) is 26.2. The van der Waals surface area contributed by atoms with Gasteiger partial charge in [0.25, 0.3) is 0 Å². The lowest BCUT2D eigenvalue weighted by Crippen LogP contribution is -2.62. The number of carboxylic acids is 1. The number of fused-ring (bicyclic) bond motifs is 5. The number of imidazole rings is 1. The minimum atomic E-state index is -2.03. The maximum Gasteiger partial charge on any atom is 0.305 e. The molecule has 9 amide bonds. The number of H-pyrrole nitrogens is 3. The number of benzene rings is 5. The number of carboxylic acid groups (broad SMARTS) is 1. The number of carbonyl (C=O) groups is 10. The molecule has 8 atom stereocenters. The fourth-order valence-corrected chi connectivity index (χ4v) is 14.4. The predicted molar refractivity (Wildman–Crippen MR) is 396 cm³/mol. The van der Waals surface area contributed by atoms with Crippen molar-refractivity contribution in [2.75, 3.05) is 31.7 Å². The Morgan fingerprint density at radius 2 is 1.16 bits per heavy atom. The van der Waals surface area contributed by atoms with Gasteiger partial charge in [-0.3, -0.25) is 47.9 Å². The first-order chi connectivity index (χ1) is 50.9. The quantitative estimate of drug-likeness (QED) is 0.0540. The summed E-state index contributed by atoms with van der Waals surface area (Å²) < 4.78 is 35.5. The highest BCUT2D eigenvalue weighted by Crippen LogP contribution is 2.32. The largest absolute Gasteiger partial charge is 0.497 e. The Hall–Kier alpha value is -11.3. The van der Waals surface area contributed by atoms with E-state index in [2.05, 4.69) is 73.5 Å². The molecule has 558 valence electrons. The van der Waals surface area contributed by atoms with Crippen molar-refractivity contribution >= 4 is 116 Å². The van der Waals surface area contributed by atoms with Crippen LogP contribution in [0.25, 0.3) is 21.8 Å². The summed E-state index contributed by atoms with van der Waals surface area (Å²) in [6.07, 6.45) is 3.94. The summed E-state index contributed by atoms with van der Waals surface area (Å²) in [7, 11) is 1.49. The maximum atomic E-state index is 15.3. The number of carbonyl (C=O) groups excluding carboxylic acids is 9. The lowest BCUT2D eigenvalue weighted by Gasteiger charge is -2.36. The molecule has 3 aromatic heterocycles. The predicted octanol–water partition coefficient (Wildman–Crippen LogP) is 4.03. The number of guanidine groups is 1. The van der Waals surface area contributed by atoms with Crippen LogP contribution >= 0.6 is 23.5 Å². The zero-order chi connectivity index (χ0) is 75.6. The molecule has 8 aromatic rings. The number of thioether (sulfide) groups is 2. The highest BCUT2D eigenvalue weighted by Gasteiger charge is 2.48. The van der Waals surface area contributed by atoms with Crippen LogP contribution in [0.5, 0.6) is 5.75 Å². The molecular weight excluding hydrogens is 1410 g/mol. The van der Waals surface area contributed by atoms with Crippen LogP contribution in [0.1, 0.15) is 78.7 Å². The number of amides is 9. The Balaban J connectivity index is 0.989. The van der Waals surface area contributed by atoms with Gasteiger partial charge in [-0.1, -0.05) is 48.5 Å². The van der Waals surface area contributed by atoms with Crippen molar-refractivity contribution in [2.45, 2.75) is 131 Å². The number of nitrogens with one attached hydrogen (secondary N) is 11. The van der Waals surface area contributed by atoms with Gasteiger partial charge < -0.3 is 83.7 Å². The van der Waals surface area contributed by atoms with Crippen molar-refractivity contribution in [3.05, 3.63) is 185 Å². The molecule has 0 unspecified atom stereocenters. The molecule has 0 saturated carbocycles. The molecule has 2 bridgehead atoms. The van der Waals surface area contributed by atoms with E-state index in [1.165, 1.54) is 91.9 Å². The van der Waals surface area contributed by atoms with E-state index in [1.807, 2.05) is 18.2 Å². The van der Waals surface area contributed by atoms with Gasteiger partial charge in [-0.15, -0.1) is 0 Å². The number of aromatic amines is 3. The topological polar surface area (TPSA) is 424 Å². The molecule has 0 spiro atoms. The number of aliphatic imine (C=N–C) groups is 1. The van der Waals surface area contributed by atoms with Gasteiger partial charge in [0.15, 0.2) is 5.96 Å². The van der Waals surface area contributed by atoms with Crippen LogP contribution < -0.4 is 58.7 Å². The molecule has 0 radical (unpaired) electrons. The smallest absolute Gasteiger partial charge is 0.305 e. The highest BCUT2D eigenvalue weighted by molar-refractivity contribution is 7.98. The molecule has 28 nitrogen and oxygen atoms in total. The van der Waals surface area contributed by atoms with Crippen molar-refractivity contribution in [3.8, 4) is 5.75 Å². The first kappa shape index (κ1) is 77.3. The van der Waals surface area contributed by atoms with Crippen LogP contribution in [-0.2, 0) is 91.6 Å². The van der Waals surface area contributed by atoms with Gasteiger partial charge in [0, 0.05) is 121 Å². The monoisotopic (exact) mass is 1490 g/mol. The number of ether oxygens (including phenoxy) is 1. The molecule has 5 aromatic carbocycles. The number of hydrogen-bond acceptors (Lipinski definition) is 15. The summed E-state index contributed by atoms with van der Waals surface area (Å²) in [5, 5.41) is 32.7. The highest BCUT2D eigenvalue weighted by atomic mass is 32.2.